The molecule has 2 aliphatic heterocycles. The number of aryl methyl sites for hydroxylation is 1. The number of carbonyl (C=O) groups excluding carboxylic acids is 3. The number of aromatic nitrogens is 1. The summed E-state index contributed by atoms with van der Waals surface area (Å²) in [6.07, 6.45) is 1.31. The molecule has 10 nitrogen and oxygen atoms in total. The number of amides is 3. The second kappa shape index (κ2) is 8.13. The standard InChI is InChI=1S/C21H21N5O5/c1-14-12-15(26(30)31)13-22-19(14)24-10-8-23(9-11-24)18(27)6-7-25-20(28)16-4-2-3-5-17(16)21(25)29/h2-5,12-13H,6-11H2,1H3. The molecule has 0 atom stereocenters. The zero-order valence-electron chi connectivity index (χ0n) is 17.0. The van der Waals surface area contributed by atoms with Crippen LogP contribution in [0.5, 0.6) is 0 Å². The number of benzene rings is 1. The molecule has 4 rings (SSSR count). The molecular weight excluding hydrogens is 402 g/mol. The van der Waals surface area contributed by atoms with E-state index in [1.165, 1.54) is 12.3 Å². The zero-order chi connectivity index (χ0) is 22.1. The number of piperazine rings is 1. The van der Waals surface area contributed by atoms with E-state index in [1.807, 2.05) is 4.90 Å². The molecule has 0 spiro atoms. The van der Waals surface area contributed by atoms with E-state index in [0.717, 1.165) is 4.90 Å². The van der Waals surface area contributed by atoms with Crippen LogP contribution in [0.15, 0.2) is 36.5 Å². The smallest absolute Gasteiger partial charge is 0.287 e. The first-order valence-corrected chi connectivity index (χ1v) is 9.96. The Bertz CT molecular complexity index is 1040. The number of hydrogen-bond acceptors (Lipinski definition) is 7. The number of nitro groups is 1. The van der Waals surface area contributed by atoms with Crippen LogP contribution >= 0.6 is 0 Å². The molecule has 31 heavy (non-hydrogen) atoms. The van der Waals surface area contributed by atoms with Gasteiger partial charge >= 0.3 is 0 Å². The monoisotopic (exact) mass is 423 g/mol. The number of imide groups is 1. The molecule has 3 heterocycles. The third kappa shape index (κ3) is 3.83. The molecule has 0 radical (unpaired) electrons. The van der Waals surface area contributed by atoms with Gasteiger partial charge in [-0.1, -0.05) is 12.1 Å². The summed E-state index contributed by atoms with van der Waals surface area (Å²) in [7, 11) is 0. The van der Waals surface area contributed by atoms with Crippen molar-refractivity contribution < 1.29 is 19.3 Å². The number of hydrogen-bond donors (Lipinski definition) is 0. The molecule has 0 saturated carbocycles. The van der Waals surface area contributed by atoms with Gasteiger partial charge in [0, 0.05) is 45.2 Å². The van der Waals surface area contributed by atoms with E-state index in [4.69, 9.17) is 0 Å². The van der Waals surface area contributed by atoms with Crippen molar-refractivity contribution >= 4 is 29.2 Å². The van der Waals surface area contributed by atoms with Crippen molar-refractivity contribution in [1.29, 1.82) is 0 Å². The normalized spacial score (nSPS) is 16.0. The minimum Gasteiger partial charge on any atom is -0.353 e. The van der Waals surface area contributed by atoms with Gasteiger partial charge in [0.2, 0.25) is 5.91 Å². The Morgan fingerprint density at radius 1 is 1.10 bits per heavy atom. The Balaban J connectivity index is 1.32. The lowest BCUT2D eigenvalue weighted by atomic mass is 10.1. The van der Waals surface area contributed by atoms with Crippen molar-refractivity contribution in [1.82, 2.24) is 14.8 Å². The Kier molecular flexibility index (Phi) is 5.37. The summed E-state index contributed by atoms with van der Waals surface area (Å²) in [4.78, 5) is 56.9. The highest BCUT2D eigenvalue weighted by molar-refractivity contribution is 6.21. The van der Waals surface area contributed by atoms with Crippen molar-refractivity contribution in [2.45, 2.75) is 13.3 Å². The first-order chi connectivity index (χ1) is 14.9. The van der Waals surface area contributed by atoms with Crippen LogP contribution in [0.1, 0.15) is 32.7 Å². The molecular formula is C21H21N5O5. The highest BCUT2D eigenvalue weighted by Gasteiger charge is 2.35. The van der Waals surface area contributed by atoms with Gasteiger partial charge < -0.3 is 9.80 Å². The van der Waals surface area contributed by atoms with Gasteiger partial charge in [-0.15, -0.1) is 0 Å². The molecule has 1 fully saturated rings. The van der Waals surface area contributed by atoms with Crippen LogP contribution in [0.25, 0.3) is 0 Å². The van der Waals surface area contributed by atoms with E-state index in [0.29, 0.717) is 48.7 Å². The molecule has 0 N–H and O–H groups in total. The Morgan fingerprint density at radius 3 is 2.26 bits per heavy atom. The highest BCUT2D eigenvalue weighted by atomic mass is 16.6. The van der Waals surface area contributed by atoms with Gasteiger partial charge in [0.05, 0.1) is 16.1 Å². The van der Waals surface area contributed by atoms with Crippen LogP contribution in [0, 0.1) is 17.0 Å². The van der Waals surface area contributed by atoms with Crippen LogP contribution < -0.4 is 4.90 Å². The lowest BCUT2D eigenvalue weighted by molar-refractivity contribution is -0.385. The zero-order valence-corrected chi connectivity index (χ0v) is 17.0. The molecule has 10 heteroatoms. The fraction of sp³-hybridized carbons (Fsp3) is 0.333. The average Bonchev–Trinajstić information content (AvgIpc) is 3.02. The lowest BCUT2D eigenvalue weighted by Gasteiger charge is -2.36. The number of nitrogens with zero attached hydrogens (tertiary/aromatic N) is 5. The summed E-state index contributed by atoms with van der Waals surface area (Å²) in [5.74, 6) is -0.177. The van der Waals surface area contributed by atoms with Crippen LogP contribution in [0.4, 0.5) is 11.5 Å². The molecule has 1 saturated heterocycles. The van der Waals surface area contributed by atoms with Gasteiger partial charge in [-0.3, -0.25) is 29.4 Å². The molecule has 0 aliphatic carbocycles. The van der Waals surface area contributed by atoms with Crippen molar-refractivity contribution in [3.8, 4) is 0 Å². The van der Waals surface area contributed by atoms with E-state index in [-0.39, 0.29) is 36.4 Å². The summed E-state index contributed by atoms with van der Waals surface area (Å²) in [6, 6.07) is 8.14. The van der Waals surface area contributed by atoms with Crippen molar-refractivity contribution in [3.63, 3.8) is 0 Å². The average molecular weight is 423 g/mol. The fourth-order valence-corrected chi connectivity index (χ4v) is 3.96. The largest absolute Gasteiger partial charge is 0.353 e. The van der Waals surface area contributed by atoms with Crippen LogP contribution in [0.2, 0.25) is 0 Å². The van der Waals surface area contributed by atoms with Gasteiger partial charge in [-0.05, 0) is 24.6 Å². The summed E-state index contributed by atoms with van der Waals surface area (Å²) in [5, 5.41) is 10.9. The summed E-state index contributed by atoms with van der Waals surface area (Å²) < 4.78 is 0. The number of fused-ring (bicyclic) bond motifs is 1. The molecule has 3 amide bonds. The van der Waals surface area contributed by atoms with E-state index in [1.54, 1.807) is 36.1 Å². The van der Waals surface area contributed by atoms with E-state index in [9.17, 15) is 24.5 Å². The van der Waals surface area contributed by atoms with E-state index < -0.39 is 4.92 Å². The second-order valence-electron chi connectivity index (χ2n) is 7.52. The summed E-state index contributed by atoms with van der Waals surface area (Å²) >= 11 is 0. The van der Waals surface area contributed by atoms with E-state index >= 15 is 0 Å². The lowest BCUT2D eigenvalue weighted by Crippen LogP contribution is -2.49. The highest BCUT2D eigenvalue weighted by Crippen LogP contribution is 2.24. The first-order valence-electron chi connectivity index (χ1n) is 9.96. The van der Waals surface area contributed by atoms with Gasteiger partial charge in [0.1, 0.15) is 12.0 Å². The van der Waals surface area contributed by atoms with Gasteiger partial charge in [0.25, 0.3) is 17.5 Å². The maximum atomic E-state index is 12.6. The van der Waals surface area contributed by atoms with Gasteiger partial charge in [-0.2, -0.15) is 0 Å². The second-order valence-corrected chi connectivity index (χ2v) is 7.52. The number of carbonyl (C=O) groups is 3. The van der Waals surface area contributed by atoms with Crippen molar-refractivity contribution in [3.05, 3.63) is 63.3 Å². The Labute approximate surface area is 178 Å². The molecule has 1 aromatic heterocycles. The van der Waals surface area contributed by atoms with Crippen molar-refractivity contribution in [2.75, 3.05) is 37.6 Å². The maximum Gasteiger partial charge on any atom is 0.287 e. The number of anilines is 1. The topological polar surface area (TPSA) is 117 Å². The molecule has 0 unspecified atom stereocenters. The minimum atomic E-state index is -0.477. The Hall–Kier alpha value is -3.82. The summed E-state index contributed by atoms with van der Waals surface area (Å²) in [5.41, 5.74) is 1.40. The summed E-state index contributed by atoms with van der Waals surface area (Å²) in [6.45, 7) is 3.86. The SMILES string of the molecule is Cc1cc([N+](=O)[O-])cnc1N1CCN(C(=O)CCN2C(=O)c3ccccc3C2=O)CC1. The van der Waals surface area contributed by atoms with Crippen molar-refractivity contribution in [2.24, 2.45) is 0 Å². The predicted molar refractivity (Wildman–Crippen MR) is 111 cm³/mol. The predicted octanol–water partition coefficient (Wildman–Crippen LogP) is 1.63. The molecule has 0 bridgehead atoms. The number of pyridine rings is 1. The van der Waals surface area contributed by atoms with Crippen LogP contribution in [0.3, 0.4) is 0 Å². The maximum absolute atomic E-state index is 12.6. The van der Waals surface area contributed by atoms with Gasteiger partial charge in [-0.25, -0.2) is 4.98 Å². The molecule has 2 aliphatic rings. The van der Waals surface area contributed by atoms with Crippen LogP contribution in [-0.4, -0.2) is 70.2 Å². The van der Waals surface area contributed by atoms with E-state index in [2.05, 4.69) is 4.98 Å². The Morgan fingerprint density at radius 2 is 1.71 bits per heavy atom. The molecule has 1 aromatic carbocycles. The number of rotatable bonds is 5. The fourth-order valence-electron chi connectivity index (χ4n) is 3.96. The third-order valence-corrected chi connectivity index (χ3v) is 5.61. The third-order valence-electron chi connectivity index (χ3n) is 5.61. The van der Waals surface area contributed by atoms with Gasteiger partial charge in [0.15, 0.2) is 0 Å². The molecule has 2 aromatic rings. The van der Waals surface area contributed by atoms with Crippen LogP contribution in [-0.2, 0) is 4.79 Å². The molecule has 160 valence electrons. The minimum absolute atomic E-state index is 0.0500. The quantitative estimate of drug-likeness (QED) is 0.408. The first kappa shape index (κ1) is 20.5.